The monoisotopic (exact) mass is 493 g/mol. The molecule has 0 fully saturated rings. The Bertz CT molecular complexity index is 1550. The number of hydrogen-bond donors (Lipinski definition) is 3. The van der Waals surface area contributed by atoms with E-state index >= 15 is 0 Å². The van der Waals surface area contributed by atoms with Crippen molar-refractivity contribution in [2.45, 2.75) is 21.1 Å². The first-order valence-corrected chi connectivity index (χ1v) is 12.3. The van der Waals surface area contributed by atoms with E-state index < -0.39 is 20.0 Å². The molecule has 1 radical (unpaired) electrons. The quantitative estimate of drug-likeness (QED) is 0.286. The maximum absolute atomic E-state index is 13.0. The smallest absolute Gasteiger partial charge is 0.294 e. The van der Waals surface area contributed by atoms with Crippen LogP contribution < -0.4 is 0 Å². The average molecular weight is 494 g/mol. The second-order valence-corrected chi connectivity index (χ2v) is 10.6. The summed E-state index contributed by atoms with van der Waals surface area (Å²) in [7, 11) is -8.21. The van der Waals surface area contributed by atoms with Gasteiger partial charge in [0.05, 0.1) is 14.7 Å². The average Bonchev–Trinajstić information content (AvgIpc) is 2.74. The summed E-state index contributed by atoms with van der Waals surface area (Å²) in [5, 5.41) is 21.0. The van der Waals surface area contributed by atoms with E-state index in [2.05, 4.69) is 0 Å². The molecule has 0 bridgehead atoms. The van der Waals surface area contributed by atoms with Gasteiger partial charge in [0.25, 0.3) is 10.1 Å². The molecule has 0 aromatic heterocycles. The van der Waals surface area contributed by atoms with Crippen molar-refractivity contribution in [1.82, 2.24) is 0 Å². The van der Waals surface area contributed by atoms with E-state index in [0.717, 1.165) is 5.56 Å². The number of phenolic OH excluding ortho intramolecular Hbond substituents is 2. The summed E-state index contributed by atoms with van der Waals surface area (Å²) >= 11 is 0. The molecule has 0 amide bonds. The van der Waals surface area contributed by atoms with Gasteiger partial charge in [-0.2, -0.15) is 8.42 Å². The van der Waals surface area contributed by atoms with E-state index in [4.69, 9.17) is 0 Å². The summed E-state index contributed by atoms with van der Waals surface area (Å²) in [6.45, 7) is 0. The van der Waals surface area contributed by atoms with E-state index in [1.807, 2.05) is 0 Å². The number of benzene rings is 4. The Morgan fingerprint density at radius 3 is 1.97 bits per heavy atom. The molecular formula is C23H18NaO7S2. The fourth-order valence-corrected chi connectivity index (χ4v) is 5.31. The van der Waals surface area contributed by atoms with Crippen LogP contribution in [0.1, 0.15) is 11.1 Å². The Labute approximate surface area is 213 Å². The first-order valence-electron chi connectivity index (χ1n) is 9.41. The van der Waals surface area contributed by atoms with Crippen LogP contribution in [0.2, 0.25) is 0 Å². The second-order valence-electron chi connectivity index (χ2n) is 7.24. The first-order chi connectivity index (χ1) is 15.1. The maximum atomic E-state index is 13.0. The van der Waals surface area contributed by atoms with Gasteiger partial charge in [0.15, 0.2) is 0 Å². The molecule has 165 valence electrons. The van der Waals surface area contributed by atoms with Crippen LogP contribution in [0.15, 0.2) is 93.5 Å². The molecule has 0 saturated carbocycles. The zero-order chi connectivity index (χ0) is 23.1. The van der Waals surface area contributed by atoms with Crippen molar-refractivity contribution in [3.05, 3.63) is 90.0 Å². The third kappa shape index (κ3) is 5.24. The maximum Gasteiger partial charge on any atom is 0.294 e. The van der Waals surface area contributed by atoms with Gasteiger partial charge in [0.2, 0.25) is 9.84 Å². The van der Waals surface area contributed by atoms with Crippen molar-refractivity contribution < 1.29 is 31.6 Å². The Morgan fingerprint density at radius 1 is 0.667 bits per heavy atom. The van der Waals surface area contributed by atoms with Gasteiger partial charge in [0, 0.05) is 36.0 Å². The number of sulfone groups is 1. The number of aromatic hydroxyl groups is 2. The van der Waals surface area contributed by atoms with Gasteiger partial charge in [-0.3, -0.25) is 4.55 Å². The van der Waals surface area contributed by atoms with Gasteiger partial charge in [-0.1, -0.05) is 24.3 Å². The molecule has 0 aliphatic rings. The largest absolute Gasteiger partial charge is 0.508 e. The van der Waals surface area contributed by atoms with Crippen LogP contribution >= 0.6 is 0 Å². The molecule has 33 heavy (non-hydrogen) atoms. The summed E-state index contributed by atoms with van der Waals surface area (Å²) < 4.78 is 58.0. The van der Waals surface area contributed by atoms with Crippen molar-refractivity contribution in [2.75, 3.05) is 0 Å². The van der Waals surface area contributed by atoms with Crippen LogP contribution in [-0.2, 0) is 26.4 Å². The number of rotatable bonds is 5. The minimum absolute atomic E-state index is 0. The molecule has 0 unspecified atom stereocenters. The Hall–Kier alpha value is -2.40. The molecule has 0 spiro atoms. The van der Waals surface area contributed by atoms with Crippen molar-refractivity contribution in [2.24, 2.45) is 0 Å². The van der Waals surface area contributed by atoms with Crippen LogP contribution in [0, 0.1) is 0 Å². The fourth-order valence-electron chi connectivity index (χ4n) is 3.48. The van der Waals surface area contributed by atoms with Crippen molar-refractivity contribution >= 4 is 60.3 Å². The third-order valence-corrected chi connectivity index (χ3v) is 7.75. The van der Waals surface area contributed by atoms with Crippen molar-refractivity contribution in [3.63, 3.8) is 0 Å². The Kier molecular flexibility index (Phi) is 7.23. The predicted octanol–water partition coefficient (Wildman–Crippen LogP) is 3.54. The molecule has 0 heterocycles. The molecule has 7 nitrogen and oxygen atoms in total. The summed E-state index contributed by atoms with van der Waals surface area (Å²) in [5.41, 5.74) is 1.11. The first kappa shape index (κ1) is 25.2. The van der Waals surface area contributed by atoms with Gasteiger partial charge in [-0.05, 0) is 76.5 Å². The standard InChI is InChI=1S/C23H18O7S2.Na/c24-18-4-6-19(7-5-18)31(26,27)20-9-11-23(25)17(14-20)12-15-2-1-3-16-13-21(32(28,29)30)8-10-22(15)16;/h1-11,13-14,24-25H,12H2,(H,28,29,30);. The minimum Gasteiger partial charge on any atom is -0.508 e. The SMILES string of the molecule is O=S(=O)(O)c1ccc2c(Cc3cc(S(=O)(=O)c4ccc(O)cc4)ccc3O)cccc2c1.[Na]. The van der Waals surface area contributed by atoms with E-state index in [0.29, 0.717) is 16.3 Å². The summed E-state index contributed by atoms with van der Waals surface area (Å²) in [4.78, 5) is -0.230. The fraction of sp³-hybridized carbons (Fsp3) is 0.0435. The van der Waals surface area contributed by atoms with Gasteiger partial charge < -0.3 is 10.2 Å². The molecule has 0 aliphatic heterocycles. The zero-order valence-corrected chi connectivity index (χ0v) is 21.1. The van der Waals surface area contributed by atoms with Crippen LogP contribution in [0.3, 0.4) is 0 Å². The molecule has 4 rings (SSSR count). The van der Waals surface area contributed by atoms with Crippen molar-refractivity contribution in [1.29, 1.82) is 0 Å². The summed E-state index contributed by atoms with van der Waals surface area (Å²) in [5.74, 6) is -0.135. The number of fused-ring (bicyclic) bond motifs is 1. The molecule has 0 aliphatic carbocycles. The van der Waals surface area contributed by atoms with Gasteiger partial charge in [0.1, 0.15) is 11.5 Å². The van der Waals surface area contributed by atoms with Crippen LogP contribution in [0.25, 0.3) is 10.8 Å². The van der Waals surface area contributed by atoms with Gasteiger partial charge in [-0.15, -0.1) is 0 Å². The molecule has 0 atom stereocenters. The van der Waals surface area contributed by atoms with Gasteiger partial charge >= 0.3 is 0 Å². The topological polar surface area (TPSA) is 129 Å². The molecule has 3 N–H and O–H groups in total. The second kappa shape index (κ2) is 9.46. The molecule has 10 heteroatoms. The van der Waals surface area contributed by atoms with Gasteiger partial charge in [-0.25, -0.2) is 8.42 Å². The third-order valence-electron chi connectivity index (χ3n) is 5.13. The van der Waals surface area contributed by atoms with E-state index in [1.54, 1.807) is 24.3 Å². The Morgan fingerprint density at radius 2 is 1.30 bits per heavy atom. The van der Waals surface area contributed by atoms with Crippen molar-refractivity contribution in [3.8, 4) is 11.5 Å². The number of hydrogen-bond acceptors (Lipinski definition) is 6. The molecule has 4 aromatic carbocycles. The number of phenols is 2. The van der Waals surface area contributed by atoms with Crippen LogP contribution in [-0.4, -0.2) is 61.2 Å². The Balaban J connectivity index is 0.00000306. The van der Waals surface area contributed by atoms with E-state index in [-0.39, 0.29) is 62.2 Å². The molecule has 0 saturated heterocycles. The molecular weight excluding hydrogens is 475 g/mol. The predicted molar refractivity (Wildman–Crippen MR) is 124 cm³/mol. The van der Waals surface area contributed by atoms with Crippen LogP contribution in [0.5, 0.6) is 11.5 Å². The molecule has 4 aromatic rings. The summed E-state index contributed by atoms with van der Waals surface area (Å²) in [6.07, 6.45) is 0.188. The van der Waals surface area contributed by atoms with Crippen LogP contribution in [0.4, 0.5) is 0 Å². The normalized spacial score (nSPS) is 11.8. The minimum atomic E-state index is -4.35. The van der Waals surface area contributed by atoms with E-state index in [1.165, 1.54) is 54.6 Å². The zero-order valence-electron chi connectivity index (χ0n) is 17.5. The summed E-state index contributed by atoms with van der Waals surface area (Å²) in [6, 6.07) is 18.6. The van der Waals surface area contributed by atoms with E-state index in [9.17, 15) is 31.6 Å².